The Morgan fingerprint density at radius 2 is 1.11 bits per heavy atom. The topological polar surface area (TPSA) is 156 Å². The summed E-state index contributed by atoms with van der Waals surface area (Å²) in [5.41, 5.74) is 1.25. The van der Waals surface area contributed by atoms with Crippen LogP contribution in [0.3, 0.4) is 0 Å². The van der Waals surface area contributed by atoms with Crippen LogP contribution in [0.25, 0.3) is 0 Å². The lowest BCUT2D eigenvalue weighted by Gasteiger charge is -2.24. The summed E-state index contributed by atoms with van der Waals surface area (Å²) in [6.07, 6.45) is 0. The van der Waals surface area contributed by atoms with Crippen molar-refractivity contribution >= 4 is 23.6 Å². The average molecular weight is 479 g/mol. The number of carboxylic acids is 3. The van der Waals surface area contributed by atoms with E-state index in [2.05, 4.69) is 0 Å². The highest BCUT2D eigenvalue weighted by atomic mass is 16.4. The first-order chi connectivity index (χ1) is 16.3. The van der Waals surface area contributed by atoms with Gasteiger partial charge in [0.1, 0.15) is 22.6 Å². The van der Waals surface area contributed by atoms with Gasteiger partial charge in [0.2, 0.25) is 0 Å². The van der Waals surface area contributed by atoms with Crippen molar-refractivity contribution in [2.24, 2.45) is 0 Å². The molecule has 0 aromatic heterocycles. The highest BCUT2D eigenvalue weighted by molar-refractivity contribution is 5.94. The third-order valence-corrected chi connectivity index (χ3v) is 5.87. The van der Waals surface area contributed by atoms with Crippen molar-refractivity contribution in [3.05, 3.63) is 87.0 Å². The number of hydrogen-bond donors (Lipinski definition) is 5. The first-order valence-corrected chi connectivity index (χ1v) is 10.5. The molecule has 5 N–H and O–H groups in total. The zero-order chi connectivity index (χ0) is 26.2. The number of aromatic hydroxyl groups is 2. The number of anilines is 1. The maximum Gasteiger partial charge on any atom is 0.339 e. The Morgan fingerprint density at radius 1 is 0.686 bits per heavy atom. The number of hydrogen-bond acceptors (Lipinski definition) is 6. The summed E-state index contributed by atoms with van der Waals surface area (Å²) in [4.78, 5) is 37.6. The van der Waals surface area contributed by atoms with Crippen molar-refractivity contribution in [3.63, 3.8) is 0 Å². The smallest absolute Gasteiger partial charge is 0.339 e. The minimum absolute atomic E-state index is 0.0635. The van der Waals surface area contributed by atoms with Crippen molar-refractivity contribution in [2.75, 3.05) is 19.0 Å². The predicted octanol–water partition coefficient (Wildman–Crippen LogP) is 4.06. The first-order valence-electron chi connectivity index (χ1n) is 10.5. The number of benzene rings is 3. The summed E-state index contributed by atoms with van der Waals surface area (Å²) in [5.74, 6) is -5.74. The lowest BCUT2D eigenvalue weighted by Crippen LogP contribution is -2.15. The van der Waals surface area contributed by atoms with Gasteiger partial charge >= 0.3 is 17.9 Å². The number of rotatable bonds is 7. The third kappa shape index (κ3) is 4.74. The van der Waals surface area contributed by atoms with Crippen LogP contribution < -0.4 is 4.90 Å². The molecule has 0 amide bonds. The Hall–Kier alpha value is -4.53. The second kappa shape index (κ2) is 9.38. The number of aromatic carboxylic acids is 3. The predicted molar refractivity (Wildman–Crippen MR) is 128 cm³/mol. The summed E-state index contributed by atoms with van der Waals surface area (Å²) in [7, 11) is 3.51. The quantitative estimate of drug-likeness (QED) is 0.315. The van der Waals surface area contributed by atoms with Gasteiger partial charge in [0.15, 0.2) is 0 Å². The van der Waals surface area contributed by atoms with E-state index in [1.165, 1.54) is 44.2 Å². The van der Waals surface area contributed by atoms with E-state index in [4.69, 9.17) is 0 Å². The van der Waals surface area contributed by atoms with E-state index >= 15 is 0 Å². The Labute approximate surface area is 201 Å². The van der Waals surface area contributed by atoms with Crippen LogP contribution in [0, 0.1) is 13.8 Å². The molecule has 182 valence electrons. The summed E-state index contributed by atoms with van der Waals surface area (Å²) in [6.45, 7) is 3.03. The number of nitrogens with zero attached hydrogens (tertiary/aromatic N) is 1. The lowest BCUT2D eigenvalue weighted by atomic mass is 9.80. The largest absolute Gasteiger partial charge is 0.507 e. The van der Waals surface area contributed by atoms with Gasteiger partial charge in [0.25, 0.3) is 0 Å². The molecule has 0 bridgehead atoms. The maximum absolute atomic E-state index is 12.3. The zero-order valence-corrected chi connectivity index (χ0v) is 19.5. The molecular formula is C26H25NO8. The molecule has 9 nitrogen and oxygen atoms in total. The van der Waals surface area contributed by atoms with Crippen molar-refractivity contribution in [2.45, 2.75) is 19.8 Å². The molecule has 0 saturated heterocycles. The van der Waals surface area contributed by atoms with E-state index in [1.54, 1.807) is 31.1 Å². The monoisotopic (exact) mass is 479 g/mol. The molecule has 3 aromatic carbocycles. The highest BCUT2D eigenvalue weighted by Crippen LogP contribution is 2.40. The van der Waals surface area contributed by atoms with Crippen LogP contribution in [-0.4, -0.2) is 57.5 Å². The molecule has 0 heterocycles. The van der Waals surface area contributed by atoms with Gasteiger partial charge in [-0.2, -0.15) is 0 Å². The van der Waals surface area contributed by atoms with Crippen LogP contribution in [0.5, 0.6) is 11.5 Å². The molecule has 0 aliphatic carbocycles. The van der Waals surface area contributed by atoms with Crippen molar-refractivity contribution in [3.8, 4) is 11.5 Å². The van der Waals surface area contributed by atoms with Crippen LogP contribution in [0.1, 0.15) is 64.8 Å². The molecule has 0 aliphatic heterocycles. The summed E-state index contributed by atoms with van der Waals surface area (Å²) >= 11 is 0. The Morgan fingerprint density at radius 3 is 1.49 bits per heavy atom. The second-order valence-corrected chi connectivity index (χ2v) is 8.48. The van der Waals surface area contributed by atoms with Crippen LogP contribution in [0.4, 0.5) is 5.69 Å². The summed E-state index contributed by atoms with van der Waals surface area (Å²) < 4.78 is 0. The standard InChI is InChI=1S/C26H25NO8/c1-12-7-14(9-19(22(12)28)25(32)33)21(15-8-13(2)23(29)20(10-15)26(34)35)17-6-5-16(27(3)4)11-18(17)24(30)31/h5-11,21,28-29H,1-4H3,(H,30,31)(H,32,33)(H,34,35). The van der Waals surface area contributed by atoms with E-state index in [0.29, 0.717) is 16.8 Å². The SMILES string of the molecule is Cc1cc(C(c2cc(C)c(O)c(C(=O)O)c2)c2ccc(N(C)C)cc2C(=O)O)cc(C(=O)O)c1O. The van der Waals surface area contributed by atoms with Crippen LogP contribution in [0.15, 0.2) is 42.5 Å². The molecule has 35 heavy (non-hydrogen) atoms. The number of phenols is 2. The van der Waals surface area contributed by atoms with E-state index in [1.807, 2.05) is 0 Å². The lowest BCUT2D eigenvalue weighted by molar-refractivity contribution is 0.0682. The van der Waals surface area contributed by atoms with Crippen LogP contribution in [-0.2, 0) is 0 Å². The third-order valence-electron chi connectivity index (χ3n) is 5.87. The Balaban J connectivity index is 2.45. The molecule has 0 radical (unpaired) electrons. The van der Waals surface area contributed by atoms with Gasteiger partial charge in [-0.15, -0.1) is 0 Å². The fraction of sp³-hybridized carbons (Fsp3) is 0.192. The fourth-order valence-electron chi connectivity index (χ4n) is 4.09. The molecule has 0 saturated carbocycles. The molecule has 3 aromatic rings. The summed E-state index contributed by atoms with van der Waals surface area (Å²) in [6, 6.07) is 10.3. The first kappa shape index (κ1) is 25.1. The van der Waals surface area contributed by atoms with Crippen molar-refractivity contribution in [1.82, 2.24) is 0 Å². The number of aryl methyl sites for hydroxylation is 2. The fourth-order valence-corrected chi connectivity index (χ4v) is 4.09. The molecular weight excluding hydrogens is 454 g/mol. The average Bonchev–Trinajstić information content (AvgIpc) is 2.77. The van der Waals surface area contributed by atoms with Gasteiger partial charge in [-0.3, -0.25) is 0 Å². The molecule has 0 aliphatic rings. The van der Waals surface area contributed by atoms with E-state index < -0.39 is 35.3 Å². The second-order valence-electron chi connectivity index (χ2n) is 8.48. The molecule has 0 unspecified atom stereocenters. The maximum atomic E-state index is 12.3. The van der Waals surface area contributed by atoms with E-state index in [9.17, 15) is 39.9 Å². The van der Waals surface area contributed by atoms with Crippen LogP contribution >= 0.6 is 0 Å². The van der Waals surface area contributed by atoms with E-state index in [0.717, 1.165) is 0 Å². The van der Waals surface area contributed by atoms with Gasteiger partial charge in [-0.25, -0.2) is 14.4 Å². The zero-order valence-electron chi connectivity index (χ0n) is 19.5. The Bertz CT molecular complexity index is 1290. The highest BCUT2D eigenvalue weighted by Gasteiger charge is 2.28. The van der Waals surface area contributed by atoms with E-state index in [-0.39, 0.29) is 33.4 Å². The number of carbonyl (C=O) groups is 3. The molecule has 9 heteroatoms. The molecule has 0 spiro atoms. The molecule has 0 fully saturated rings. The molecule has 0 atom stereocenters. The van der Waals surface area contributed by atoms with Gasteiger partial charge in [0, 0.05) is 25.7 Å². The van der Waals surface area contributed by atoms with Gasteiger partial charge in [-0.1, -0.05) is 18.2 Å². The van der Waals surface area contributed by atoms with Crippen molar-refractivity contribution in [1.29, 1.82) is 0 Å². The minimum atomic E-state index is -1.37. The summed E-state index contributed by atoms with van der Waals surface area (Å²) in [5, 5.41) is 49.7. The van der Waals surface area contributed by atoms with Gasteiger partial charge in [0.05, 0.1) is 5.56 Å². The van der Waals surface area contributed by atoms with Crippen LogP contribution in [0.2, 0.25) is 0 Å². The minimum Gasteiger partial charge on any atom is -0.507 e. The van der Waals surface area contributed by atoms with Crippen molar-refractivity contribution < 1.29 is 39.9 Å². The van der Waals surface area contributed by atoms with Gasteiger partial charge < -0.3 is 30.4 Å². The molecule has 3 rings (SSSR count). The number of carboxylic acid groups (broad SMARTS) is 3. The Kier molecular flexibility index (Phi) is 6.72. The van der Waals surface area contributed by atoms with Gasteiger partial charge in [-0.05, 0) is 65.9 Å². The normalized spacial score (nSPS) is 10.9.